The number of carbonyl (C=O) groups is 1. The maximum absolute atomic E-state index is 11.5. The largest absolute Gasteiger partial charge is 0.461 e. The molecular weight excluding hydrogens is 194 g/mol. The van der Waals surface area contributed by atoms with Gasteiger partial charge in [0.15, 0.2) is 5.69 Å². The Bertz CT molecular complexity index is 391. The Morgan fingerprint density at radius 3 is 2.80 bits per heavy atom. The zero-order valence-corrected chi connectivity index (χ0v) is 9.29. The van der Waals surface area contributed by atoms with Crippen LogP contribution >= 0.6 is 0 Å². The minimum absolute atomic E-state index is 0.0990. The molecule has 0 amide bonds. The van der Waals surface area contributed by atoms with Crippen LogP contribution in [0.25, 0.3) is 0 Å². The van der Waals surface area contributed by atoms with Crippen LogP contribution in [0.5, 0.6) is 0 Å². The number of rotatable bonds is 3. The topological polar surface area (TPSA) is 52.3 Å². The Morgan fingerprint density at radius 1 is 1.60 bits per heavy atom. The van der Waals surface area contributed by atoms with Gasteiger partial charge in [0.2, 0.25) is 0 Å². The summed E-state index contributed by atoms with van der Waals surface area (Å²) in [6.45, 7) is 6.12. The maximum Gasteiger partial charge on any atom is 0.360 e. The molecule has 1 fully saturated rings. The second kappa shape index (κ2) is 3.36. The molecule has 4 nitrogen and oxygen atoms in total. The molecule has 0 saturated heterocycles. The van der Waals surface area contributed by atoms with E-state index in [-0.39, 0.29) is 5.41 Å². The van der Waals surface area contributed by atoms with Crippen molar-refractivity contribution in [3.8, 4) is 0 Å². The van der Waals surface area contributed by atoms with E-state index < -0.39 is 5.97 Å². The number of hydrogen-bond donors (Lipinski definition) is 0. The molecule has 1 heterocycles. The molecule has 0 aromatic carbocycles. The molecule has 0 radical (unpaired) electrons. The minimum atomic E-state index is -0.394. The lowest BCUT2D eigenvalue weighted by atomic mass is 10.0. The van der Waals surface area contributed by atoms with E-state index in [1.807, 2.05) is 6.92 Å². The number of esters is 1. The summed E-state index contributed by atoms with van der Waals surface area (Å²) in [6, 6.07) is 0. The highest BCUT2D eigenvalue weighted by Gasteiger charge is 2.45. The SMILES string of the molecule is CCOC(=O)c1noc(C2(C)CC2)c1C. The van der Waals surface area contributed by atoms with Gasteiger partial charge < -0.3 is 9.26 Å². The Labute approximate surface area is 88.6 Å². The predicted octanol–water partition coefficient (Wildman–Crippen LogP) is 2.21. The standard InChI is InChI=1S/C11H15NO3/c1-4-14-10(13)8-7(2)9(15-12-8)11(3)5-6-11/h4-6H2,1-3H3. The third kappa shape index (κ3) is 1.64. The maximum atomic E-state index is 11.5. The highest BCUT2D eigenvalue weighted by atomic mass is 16.5. The van der Waals surface area contributed by atoms with Crippen LogP contribution in [0.4, 0.5) is 0 Å². The van der Waals surface area contributed by atoms with Crippen LogP contribution in [-0.2, 0) is 10.2 Å². The van der Waals surface area contributed by atoms with Crippen molar-refractivity contribution in [2.75, 3.05) is 6.61 Å². The van der Waals surface area contributed by atoms with Crippen LogP contribution < -0.4 is 0 Å². The molecule has 1 aromatic rings. The van der Waals surface area contributed by atoms with Crippen molar-refractivity contribution >= 4 is 5.97 Å². The van der Waals surface area contributed by atoms with Crippen molar-refractivity contribution in [3.63, 3.8) is 0 Å². The smallest absolute Gasteiger partial charge is 0.360 e. The zero-order chi connectivity index (χ0) is 11.1. The van der Waals surface area contributed by atoms with Gasteiger partial charge in [0.25, 0.3) is 0 Å². The molecular formula is C11H15NO3. The first-order valence-electron chi connectivity index (χ1n) is 5.22. The second-order valence-corrected chi connectivity index (χ2v) is 4.27. The average Bonchev–Trinajstić information content (AvgIpc) is 2.78. The molecule has 1 saturated carbocycles. The van der Waals surface area contributed by atoms with Crippen LogP contribution in [0.15, 0.2) is 4.52 Å². The fraction of sp³-hybridized carbons (Fsp3) is 0.636. The first-order chi connectivity index (χ1) is 7.08. The molecule has 0 atom stereocenters. The lowest BCUT2D eigenvalue weighted by Crippen LogP contribution is -2.07. The number of carbonyl (C=O) groups excluding carboxylic acids is 1. The number of nitrogens with zero attached hydrogens (tertiary/aromatic N) is 1. The molecule has 0 aliphatic heterocycles. The van der Waals surface area contributed by atoms with E-state index in [4.69, 9.17) is 9.26 Å². The Balaban J connectivity index is 2.27. The minimum Gasteiger partial charge on any atom is -0.461 e. The molecule has 1 aromatic heterocycles. The monoisotopic (exact) mass is 209 g/mol. The van der Waals surface area contributed by atoms with Crippen LogP contribution in [0.2, 0.25) is 0 Å². The van der Waals surface area contributed by atoms with Crippen molar-refractivity contribution in [2.45, 2.75) is 39.0 Å². The van der Waals surface area contributed by atoms with Gasteiger partial charge in [-0.2, -0.15) is 0 Å². The van der Waals surface area contributed by atoms with Crippen molar-refractivity contribution in [1.82, 2.24) is 5.16 Å². The van der Waals surface area contributed by atoms with Gasteiger partial charge in [-0.1, -0.05) is 12.1 Å². The van der Waals surface area contributed by atoms with Crippen molar-refractivity contribution in [1.29, 1.82) is 0 Å². The van der Waals surface area contributed by atoms with E-state index in [2.05, 4.69) is 12.1 Å². The zero-order valence-electron chi connectivity index (χ0n) is 9.29. The lowest BCUT2D eigenvalue weighted by Gasteiger charge is -2.03. The summed E-state index contributed by atoms with van der Waals surface area (Å²) >= 11 is 0. The highest BCUT2D eigenvalue weighted by molar-refractivity contribution is 5.89. The van der Waals surface area contributed by atoms with E-state index in [9.17, 15) is 4.79 Å². The van der Waals surface area contributed by atoms with Gasteiger partial charge in [0.05, 0.1) is 6.61 Å². The van der Waals surface area contributed by atoms with E-state index >= 15 is 0 Å². The van der Waals surface area contributed by atoms with Crippen LogP contribution in [-0.4, -0.2) is 17.7 Å². The van der Waals surface area contributed by atoms with Gasteiger partial charge in [0, 0.05) is 11.0 Å². The molecule has 15 heavy (non-hydrogen) atoms. The predicted molar refractivity (Wildman–Crippen MR) is 53.8 cm³/mol. The van der Waals surface area contributed by atoms with Crippen molar-refractivity contribution in [3.05, 3.63) is 17.0 Å². The molecule has 0 N–H and O–H groups in total. The third-order valence-corrected chi connectivity index (χ3v) is 2.94. The summed E-state index contributed by atoms with van der Waals surface area (Å²) in [4.78, 5) is 11.5. The van der Waals surface area contributed by atoms with Gasteiger partial charge in [-0.25, -0.2) is 4.79 Å². The van der Waals surface area contributed by atoms with E-state index in [1.165, 1.54) is 0 Å². The molecule has 0 unspecified atom stereocenters. The highest BCUT2D eigenvalue weighted by Crippen LogP contribution is 2.49. The second-order valence-electron chi connectivity index (χ2n) is 4.27. The summed E-state index contributed by atoms with van der Waals surface area (Å²) in [5, 5.41) is 3.79. The summed E-state index contributed by atoms with van der Waals surface area (Å²) < 4.78 is 10.1. The van der Waals surface area contributed by atoms with E-state index in [0.717, 1.165) is 24.2 Å². The fourth-order valence-corrected chi connectivity index (χ4v) is 1.70. The van der Waals surface area contributed by atoms with Crippen LogP contribution in [0.1, 0.15) is 48.5 Å². The Kier molecular flexibility index (Phi) is 2.29. The van der Waals surface area contributed by atoms with E-state index in [1.54, 1.807) is 6.92 Å². The molecule has 1 aliphatic rings. The van der Waals surface area contributed by atoms with Gasteiger partial charge in [-0.3, -0.25) is 0 Å². The quantitative estimate of drug-likeness (QED) is 0.716. The van der Waals surface area contributed by atoms with Crippen LogP contribution in [0, 0.1) is 6.92 Å². The molecule has 0 bridgehead atoms. The van der Waals surface area contributed by atoms with Crippen LogP contribution in [0.3, 0.4) is 0 Å². The first-order valence-corrected chi connectivity index (χ1v) is 5.22. The number of hydrogen-bond acceptors (Lipinski definition) is 4. The Morgan fingerprint density at radius 2 is 2.27 bits per heavy atom. The van der Waals surface area contributed by atoms with Gasteiger partial charge in [-0.15, -0.1) is 0 Å². The number of aromatic nitrogens is 1. The summed E-state index contributed by atoms with van der Waals surface area (Å²) in [5.74, 6) is 0.444. The van der Waals surface area contributed by atoms with Crippen molar-refractivity contribution in [2.24, 2.45) is 0 Å². The van der Waals surface area contributed by atoms with Gasteiger partial charge in [0.1, 0.15) is 5.76 Å². The first kappa shape index (κ1) is 10.2. The summed E-state index contributed by atoms with van der Waals surface area (Å²) in [6.07, 6.45) is 2.20. The molecule has 82 valence electrons. The van der Waals surface area contributed by atoms with Gasteiger partial charge in [-0.05, 0) is 26.7 Å². The van der Waals surface area contributed by atoms with E-state index in [0.29, 0.717) is 12.3 Å². The van der Waals surface area contributed by atoms with Crippen molar-refractivity contribution < 1.29 is 14.1 Å². The molecule has 1 aliphatic carbocycles. The normalized spacial score (nSPS) is 17.5. The third-order valence-electron chi connectivity index (χ3n) is 2.94. The number of ether oxygens (including phenoxy) is 1. The summed E-state index contributed by atoms with van der Waals surface area (Å²) in [5.41, 5.74) is 1.25. The lowest BCUT2D eigenvalue weighted by molar-refractivity contribution is 0.0513. The molecule has 2 rings (SSSR count). The average molecular weight is 209 g/mol. The summed E-state index contributed by atoms with van der Waals surface area (Å²) in [7, 11) is 0. The molecule has 0 spiro atoms. The Hall–Kier alpha value is -1.32. The fourth-order valence-electron chi connectivity index (χ4n) is 1.70. The van der Waals surface area contributed by atoms with Gasteiger partial charge >= 0.3 is 5.97 Å². The molecule has 4 heteroatoms.